The number of nitrogens with zero attached hydrogens (tertiary/aromatic N) is 4. The third-order valence-electron chi connectivity index (χ3n) is 3.29. The van der Waals surface area contributed by atoms with Crippen molar-refractivity contribution < 1.29 is 4.74 Å². The van der Waals surface area contributed by atoms with Crippen LogP contribution >= 0.6 is 0 Å². The number of tetrazole rings is 1. The van der Waals surface area contributed by atoms with Gasteiger partial charge in [-0.05, 0) is 35.4 Å². The van der Waals surface area contributed by atoms with E-state index >= 15 is 0 Å². The van der Waals surface area contributed by atoms with Crippen molar-refractivity contribution in [2.24, 2.45) is 5.92 Å². The maximum absolute atomic E-state index is 5.99. The molecule has 1 unspecified atom stereocenters. The zero-order valence-electron chi connectivity index (χ0n) is 12.2. The van der Waals surface area contributed by atoms with Crippen molar-refractivity contribution in [1.82, 2.24) is 20.2 Å². The summed E-state index contributed by atoms with van der Waals surface area (Å²) in [4.78, 5) is 0. The van der Waals surface area contributed by atoms with E-state index in [1.165, 1.54) is 0 Å². The second-order valence-corrected chi connectivity index (χ2v) is 4.85. The number of ether oxygens (including phenoxy) is 1. The molecule has 2 aromatic rings. The number of hydrogen-bond acceptors (Lipinski definition) is 5. The number of aromatic nitrogens is 4. The molecule has 2 rings (SSSR count). The van der Waals surface area contributed by atoms with Gasteiger partial charge in [-0.2, -0.15) is 0 Å². The van der Waals surface area contributed by atoms with Crippen LogP contribution in [0, 0.1) is 5.92 Å². The van der Waals surface area contributed by atoms with Crippen LogP contribution in [0.5, 0.6) is 5.75 Å². The first kappa shape index (κ1) is 14.3. The minimum atomic E-state index is 0.508. The van der Waals surface area contributed by atoms with E-state index in [-0.39, 0.29) is 0 Å². The minimum absolute atomic E-state index is 0.508. The molecule has 6 heteroatoms. The predicted octanol–water partition coefficient (Wildman–Crippen LogP) is 2.37. The summed E-state index contributed by atoms with van der Waals surface area (Å²) in [6.45, 7) is 7.58. The molecule has 108 valence electrons. The molecule has 1 aromatic heterocycles. The van der Waals surface area contributed by atoms with E-state index in [0.29, 0.717) is 29.8 Å². The first-order valence-electron chi connectivity index (χ1n) is 6.95. The lowest BCUT2D eigenvalue weighted by Gasteiger charge is -2.13. The van der Waals surface area contributed by atoms with Gasteiger partial charge in [0.25, 0.3) is 0 Å². The summed E-state index contributed by atoms with van der Waals surface area (Å²) in [6.07, 6.45) is 1.08. The Morgan fingerprint density at radius 2 is 2.15 bits per heavy atom. The Hall–Kier alpha value is -2.11. The Morgan fingerprint density at radius 1 is 1.35 bits per heavy atom. The predicted molar refractivity (Wildman–Crippen MR) is 78.3 cm³/mol. The van der Waals surface area contributed by atoms with Crippen molar-refractivity contribution in [2.75, 3.05) is 12.3 Å². The van der Waals surface area contributed by atoms with E-state index in [2.05, 4.69) is 29.4 Å². The molecular formula is C14H21N5O. The number of anilines is 1. The number of rotatable bonds is 6. The number of benzene rings is 1. The van der Waals surface area contributed by atoms with Crippen molar-refractivity contribution in [3.05, 3.63) is 18.2 Å². The summed E-state index contributed by atoms with van der Waals surface area (Å²) >= 11 is 0. The zero-order valence-corrected chi connectivity index (χ0v) is 12.2. The summed E-state index contributed by atoms with van der Waals surface area (Å²) < 4.78 is 7.45. The maximum Gasteiger partial charge on any atom is 0.185 e. The van der Waals surface area contributed by atoms with E-state index in [1.54, 1.807) is 0 Å². The summed E-state index contributed by atoms with van der Waals surface area (Å²) in [7, 11) is 0. The van der Waals surface area contributed by atoms with Gasteiger partial charge in [0.05, 0.1) is 17.9 Å². The van der Waals surface area contributed by atoms with Crippen molar-refractivity contribution >= 4 is 5.69 Å². The van der Waals surface area contributed by atoms with Gasteiger partial charge in [0, 0.05) is 6.54 Å². The number of nitrogen functional groups attached to an aromatic ring is 1. The molecule has 0 aliphatic carbocycles. The molecule has 0 spiro atoms. The first-order valence-corrected chi connectivity index (χ1v) is 6.95. The number of nitrogens with two attached hydrogens (primary N) is 1. The van der Waals surface area contributed by atoms with Gasteiger partial charge in [-0.3, -0.25) is 0 Å². The van der Waals surface area contributed by atoms with Crippen LogP contribution in [0.25, 0.3) is 11.4 Å². The van der Waals surface area contributed by atoms with Gasteiger partial charge in [-0.15, -0.1) is 5.10 Å². The molecule has 20 heavy (non-hydrogen) atoms. The molecule has 0 amide bonds. The highest BCUT2D eigenvalue weighted by atomic mass is 16.5. The Bertz CT molecular complexity index is 566. The lowest BCUT2D eigenvalue weighted by molar-refractivity contribution is 0.342. The van der Waals surface area contributed by atoms with Crippen molar-refractivity contribution in [2.45, 2.75) is 33.7 Å². The first-order chi connectivity index (χ1) is 9.67. The molecule has 1 atom stereocenters. The molecule has 0 bridgehead atoms. The normalized spacial score (nSPS) is 12.3. The SMILES string of the molecule is CCOc1c(N)cccc1-c1nnnn1CC(C)CC. The van der Waals surface area contributed by atoms with E-state index in [0.717, 1.165) is 18.5 Å². The highest BCUT2D eigenvalue weighted by molar-refractivity contribution is 5.73. The van der Waals surface area contributed by atoms with E-state index in [1.807, 2.05) is 29.8 Å². The molecule has 0 saturated carbocycles. The van der Waals surface area contributed by atoms with Crippen LogP contribution in [-0.2, 0) is 6.54 Å². The summed E-state index contributed by atoms with van der Waals surface area (Å²) in [6, 6.07) is 5.63. The molecule has 6 nitrogen and oxygen atoms in total. The molecule has 0 aliphatic heterocycles. The van der Waals surface area contributed by atoms with Crippen LogP contribution in [0.1, 0.15) is 27.2 Å². The second-order valence-electron chi connectivity index (χ2n) is 4.85. The van der Waals surface area contributed by atoms with E-state index in [4.69, 9.17) is 10.5 Å². The monoisotopic (exact) mass is 275 g/mol. The summed E-state index contributed by atoms with van der Waals surface area (Å²) in [5.74, 6) is 1.85. The van der Waals surface area contributed by atoms with Crippen LogP contribution in [0.3, 0.4) is 0 Å². The Balaban J connectivity index is 2.42. The fraction of sp³-hybridized carbons (Fsp3) is 0.500. The van der Waals surface area contributed by atoms with Crippen LogP contribution in [0.2, 0.25) is 0 Å². The average Bonchev–Trinajstić information content (AvgIpc) is 2.89. The quantitative estimate of drug-likeness (QED) is 0.819. The largest absolute Gasteiger partial charge is 0.491 e. The van der Waals surface area contributed by atoms with Crippen molar-refractivity contribution in [3.63, 3.8) is 0 Å². The number of hydrogen-bond donors (Lipinski definition) is 1. The molecular weight excluding hydrogens is 254 g/mol. The Kier molecular flexibility index (Phi) is 4.55. The molecule has 0 aliphatic rings. The van der Waals surface area contributed by atoms with Crippen LogP contribution in [0.15, 0.2) is 18.2 Å². The molecule has 0 radical (unpaired) electrons. The van der Waals surface area contributed by atoms with Gasteiger partial charge in [0.15, 0.2) is 11.6 Å². The Labute approximate surface area is 118 Å². The van der Waals surface area contributed by atoms with Crippen molar-refractivity contribution in [3.8, 4) is 17.1 Å². The second kappa shape index (κ2) is 6.36. The van der Waals surface area contributed by atoms with Crippen molar-refractivity contribution in [1.29, 1.82) is 0 Å². The molecule has 1 heterocycles. The van der Waals surface area contributed by atoms with Gasteiger partial charge >= 0.3 is 0 Å². The highest BCUT2D eigenvalue weighted by Gasteiger charge is 2.17. The van der Waals surface area contributed by atoms with Gasteiger partial charge < -0.3 is 10.5 Å². The molecule has 0 saturated heterocycles. The Morgan fingerprint density at radius 3 is 2.85 bits per heavy atom. The third-order valence-corrected chi connectivity index (χ3v) is 3.29. The zero-order chi connectivity index (χ0) is 14.5. The van der Waals surface area contributed by atoms with Gasteiger partial charge in [0.2, 0.25) is 0 Å². The highest BCUT2D eigenvalue weighted by Crippen LogP contribution is 2.33. The van der Waals surface area contributed by atoms with Crippen LogP contribution in [-0.4, -0.2) is 26.8 Å². The van der Waals surface area contributed by atoms with E-state index < -0.39 is 0 Å². The lowest BCUT2D eigenvalue weighted by atomic mass is 10.1. The van der Waals surface area contributed by atoms with Crippen LogP contribution < -0.4 is 10.5 Å². The smallest absolute Gasteiger partial charge is 0.185 e. The van der Waals surface area contributed by atoms with Crippen LogP contribution in [0.4, 0.5) is 5.69 Å². The minimum Gasteiger partial charge on any atom is -0.491 e. The van der Waals surface area contributed by atoms with E-state index in [9.17, 15) is 0 Å². The fourth-order valence-corrected chi connectivity index (χ4v) is 1.98. The fourth-order valence-electron chi connectivity index (χ4n) is 1.98. The van der Waals surface area contributed by atoms with Gasteiger partial charge in [0.1, 0.15) is 0 Å². The lowest BCUT2D eigenvalue weighted by Crippen LogP contribution is -2.10. The third kappa shape index (κ3) is 2.89. The molecule has 0 fully saturated rings. The topological polar surface area (TPSA) is 78.8 Å². The number of para-hydroxylation sites is 1. The van der Waals surface area contributed by atoms with Gasteiger partial charge in [-0.1, -0.05) is 26.3 Å². The molecule has 2 N–H and O–H groups in total. The van der Waals surface area contributed by atoms with Gasteiger partial charge in [-0.25, -0.2) is 4.68 Å². The maximum atomic E-state index is 5.99. The summed E-state index contributed by atoms with van der Waals surface area (Å²) in [5, 5.41) is 12.0. The molecule has 1 aromatic carbocycles. The average molecular weight is 275 g/mol. The summed E-state index contributed by atoms with van der Waals surface area (Å²) in [5.41, 5.74) is 7.42. The standard InChI is InChI=1S/C14H21N5O/c1-4-10(3)9-19-14(16-17-18-19)11-7-6-8-12(15)13(11)20-5-2/h6-8,10H,4-5,9,15H2,1-3H3.